The maximum Gasteiger partial charge on any atom is 0.153 e. The van der Waals surface area contributed by atoms with Crippen LogP contribution in [-0.4, -0.2) is 12.1 Å². The van der Waals surface area contributed by atoms with Crippen molar-refractivity contribution in [3.63, 3.8) is 0 Å². The maximum atomic E-state index is 5.90. The van der Waals surface area contributed by atoms with E-state index in [0.29, 0.717) is 11.5 Å². The smallest absolute Gasteiger partial charge is 0.153 e. The number of hydrogen-bond acceptors (Lipinski definition) is 4. The molecule has 0 saturated carbocycles. The highest BCUT2D eigenvalue weighted by Gasteiger charge is 2.05. The predicted molar refractivity (Wildman–Crippen MR) is 77.4 cm³/mol. The van der Waals surface area contributed by atoms with Gasteiger partial charge in [-0.05, 0) is 52.7 Å². The molecule has 0 aliphatic rings. The number of anilines is 3. The molecule has 1 aromatic carbocycles. The van der Waals surface area contributed by atoms with E-state index in [-0.39, 0.29) is 0 Å². The Morgan fingerprint density at radius 1 is 1.33 bits per heavy atom. The first-order valence-corrected chi connectivity index (χ1v) is 6.22. The van der Waals surface area contributed by atoms with Crippen LogP contribution in [0.4, 0.5) is 17.2 Å². The summed E-state index contributed by atoms with van der Waals surface area (Å²) in [6.45, 7) is 2.00. The molecule has 0 unspecified atom stereocenters. The molecular weight excluding hydrogens is 294 g/mol. The summed E-state index contributed by atoms with van der Waals surface area (Å²) in [6.07, 6.45) is 1.71. The third-order valence-corrected chi connectivity index (χ3v) is 3.00. The molecule has 5 heteroatoms. The number of aromatic nitrogens is 1. The number of halogens is 1. The second kappa shape index (κ2) is 5.27. The van der Waals surface area contributed by atoms with Crippen LogP contribution >= 0.6 is 15.9 Å². The zero-order valence-corrected chi connectivity index (χ0v) is 11.8. The number of rotatable bonds is 3. The van der Waals surface area contributed by atoms with Crippen LogP contribution in [0.1, 0.15) is 5.56 Å². The predicted octanol–water partition coefficient (Wildman–Crippen LogP) is 3.49. The zero-order valence-electron chi connectivity index (χ0n) is 10.2. The van der Waals surface area contributed by atoms with Crippen LogP contribution in [0.25, 0.3) is 0 Å². The van der Waals surface area contributed by atoms with Gasteiger partial charge in [-0.2, -0.15) is 0 Å². The number of ether oxygens (including phenoxy) is 1. The lowest BCUT2D eigenvalue weighted by Crippen LogP contribution is -2.00. The third-order valence-electron chi connectivity index (χ3n) is 2.57. The van der Waals surface area contributed by atoms with Crippen LogP contribution < -0.4 is 15.8 Å². The minimum atomic E-state index is 0.597. The van der Waals surface area contributed by atoms with Crippen LogP contribution in [-0.2, 0) is 0 Å². The Bertz CT molecular complexity index is 572. The number of hydrogen-bond donors (Lipinski definition) is 2. The molecule has 0 aliphatic carbocycles. The number of nitrogens with zero attached hydrogens (tertiary/aromatic N) is 1. The fraction of sp³-hybridized carbons (Fsp3) is 0.154. The molecule has 1 heterocycles. The number of methoxy groups -OCH3 is 1. The first-order chi connectivity index (χ1) is 8.60. The highest BCUT2D eigenvalue weighted by molar-refractivity contribution is 9.10. The minimum Gasteiger partial charge on any atom is -0.497 e. The molecule has 0 radical (unpaired) electrons. The lowest BCUT2D eigenvalue weighted by atomic mass is 10.2. The SMILES string of the molecule is COc1ccc(Nc2ncc(Br)cc2N)c(C)c1. The summed E-state index contributed by atoms with van der Waals surface area (Å²) in [5, 5.41) is 3.21. The normalized spacial score (nSPS) is 10.2. The molecule has 3 N–H and O–H groups in total. The van der Waals surface area contributed by atoms with Gasteiger partial charge >= 0.3 is 0 Å². The summed E-state index contributed by atoms with van der Waals surface area (Å²) in [5.41, 5.74) is 8.52. The molecule has 0 fully saturated rings. The number of benzene rings is 1. The summed E-state index contributed by atoms with van der Waals surface area (Å²) < 4.78 is 6.02. The summed E-state index contributed by atoms with van der Waals surface area (Å²) in [7, 11) is 1.65. The molecule has 0 spiro atoms. The van der Waals surface area contributed by atoms with Crippen molar-refractivity contribution >= 4 is 33.1 Å². The van der Waals surface area contributed by atoms with Crippen molar-refractivity contribution < 1.29 is 4.74 Å². The number of nitrogens with two attached hydrogens (primary N) is 1. The Morgan fingerprint density at radius 2 is 2.11 bits per heavy atom. The van der Waals surface area contributed by atoms with Gasteiger partial charge in [-0.3, -0.25) is 0 Å². The number of pyridine rings is 1. The van der Waals surface area contributed by atoms with Crippen LogP contribution in [0, 0.1) is 6.92 Å². The lowest BCUT2D eigenvalue weighted by Gasteiger charge is -2.12. The summed E-state index contributed by atoms with van der Waals surface area (Å²) in [4.78, 5) is 4.24. The molecule has 2 rings (SSSR count). The summed E-state index contributed by atoms with van der Waals surface area (Å²) in [6, 6.07) is 7.60. The Hall–Kier alpha value is -1.75. The van der Waals surface area contributed by atoms with Crippen molar-refractivity contribution in [3.05, 3.63) is 40.5 Å². The first kappa shape index (κ1) is 12.7. The quantitative estimate of drug-likeness (QED) is 0.911. The van der Waals surface area contributed by atoms with Crippen LogP contribution in [0.15, 0.2) is 34.9 Å². The van der Waals surface area contributed by atoms with Gasteiger partial charge in [0.15, 0.2) is 5.82 Å². The van der Waals surface area contributed by atoms with E-state index in [2.05, 4.69) is 26.2 Å². The van der Waals surface area contributed by atoms with Crippen molar-refractivity contribution in [3.8, 4) is 5.75 Å². The van der Waals surface area contributed by atoms with Gasteiger partial charge in [0, 0.05) is 16.4 Å². The lowest BCUT2D eigenvalue weighted by molar-refractivity contribution is 0.414. The number of nitrogens with one attached hydrogen (secondary N) is 1. The van der Waals surface area contributed by atoms with Crippen molar-refractivity contribution in [2.24, 2.45) is 0 Å². The third kappa shape index (κ3) is 2.73. The average molecular weight is 308 g/mol. The van der Waals surface area contributed by atoms with Crippen LogP contribution in [0.3, 0.4) is 0 Å². The molecule has 0 amide bonds. The molecule has 0 bridgehead atoms. The fourth-order valence-corrected chi connectivity index (χ4v) is 1.94. The number of aryl methyl sites for hydroxylation is 1. The second-order valence-electron chi connectivity index (χ2n) is 3.90. The standard InChI is InChI=1S/C13H14BrN3O/c1-8-5-10(18-2)3-4-12(8)17-13-11(15)6-9(14)7-16-13/h3-7H,15H2,1-2H3,(H,16,17). The van der Waals surface area contributed by atoms with Gasteiger partial charge in [0.1, 0.15) is 5.75 Å². The van der Waals surface area contributed by atoms with Crippen molar-refractivity contribution in [2.45, 2.75) is 6.92 Å². The zero-order chi connectivity index (χ0) is 13.1. The van der Waals surface area contributed by atoms with Gasteiger partial charge in [0.25, 0.3) is 0 Å². The van der Waals surface area contributed by atoms with Crippen molar-refractivity contribution in [1.82, 2.24) is 4.98 Å². The monoisotopic (exact) mass is 307 g/mol. The Labute approximate surface area is 114 Å². The number of nitrogen functional groups attached to an aromatic ring is 1. The van der Waals surface area contributed by atoms with Gasteiger partial charge in [-0.25, -0.2) is 4.98 Å². The van der Waals surface area contributed by atoms with Crippen molar-refractivity contribution in [1.29, 1.82) is 0 Å². The molecule has 18 heavy (non-hydrogen) atoms. The summed E-state index contributed by atoms with van der Waals surface area (Å²) in [5.74, 6) is 1.47. The molecule has 4 nitrogen and oxygen atoms in total. The second-order valence-corrected chi connectivity index (χ2v) is 4.81. The Balaban J connectivity index is 2.28. The average Bonchev–Trinajstić information content (AvgIpc) is 2.34. The molecule has 2 aromatic rings. The van der Waals surface area contributed by atoms with Gasteiger partial charge in [-0.15, -0.1) is 0 Å². The van der Waals surface area contributed by atoms with Gasteiger partial charge < -0.3 is 15.8 Å². The van der Waals surface area contributed by atoms with E-state index >= 15 is 0 Å². The Kier molecular flexibility index (Phi) is 3.72. The topological polar surface area (TPSA) is 60.2 Å². The van der Waals surface area contributed by atoms with E-state index in [0.717, 1.165) is 21.5 Å². The largest absolute Gasteiger partial charge is 0.497 e. The minimum absolute atomic E-state index is 0.597. The van der Waals surface area contributed by atoms with Gasteiger partial charge in [-0.1, -0.05) is 0 Å². The molecule has 94 valence electrons. The highest BCUT2D eigenvalue weighted by Crippen LogP contribution is 2.27. The van der Waals surface area contributed by atoms with E-state index < -0.39 is 0 Å². The molecular formula is C13H14BrN3O. The molecule has 0 aliphatic heterocycles. The van der Waals surface area contributed by atoms with E-state index in [1.54, 1.807) is 13.3 Å². The van der Waals surface area contributed by atoms with Crippen LogP contribution in [0.2, 0.25) is 0 Å². The Morgan fingerprint density at radius 3 is 2.72 bits per heavy atom. The van der Waals surface area contributed by atoms with E-state index in [1.165, 1.54) is 0 Å². The van der Waals surface area contributed by atoms with Gasteiger partial charge in [0.2, 0.25) is 0 Å². The highest BCUT2D eigenvalue weighted by atomic mass is 79.9. The molecule has 1 aromatic heterocycles. The van der Waals surface area contributed by atoms with Crippen molar-refractivity contribution in [2.75, 3.05) is 18.2 Å². The van der Waals surface area contributed by atoms with E-state index in [4.69, 9.17) is 10.5 Å². The maximum absolute atomic E-state index is 5.90. The van der Waals surface area contributed by atoms with Crippen LogP contribution in [0.5, 0.6) is 5.75 Å². The van der Waals surface area contributed by atoms with Gasteiger partial charge in [0.05, 0.1) is 12.8 Å². The molecule has 0 atom stereocenters. The molecule has 0 saturated heterocycles. The fourth-order valence-electron chi connectivity index (χ4n) is 1.59. The first-order valence-electron chi connectivity index (χ1n) is 5.43. The summed E-state index contributed by atoms with van der Waals surface area (Å²) >= 11 is 3.33. The van der Waals surface area contributed by atoms with E-state index in [9.17, 15) is 0 Å². The van der Waals surface area contributed by atoms with E-state index in [1.807, 2.05) is 31.2 Å².